The number of rotatable bonds is 6. The number of benzene rings is 2. The molecule has 8 nitrogen and oxygen atoms in total. The number of carbonyl (C=O) groups excluding carboxylic acids is 1. The number of hydrogen-bond donors (Lipinski definition) is 0. The summed E-state index contributed by atoms with van der Waals surface area (Å²) in [4.78, 5) is 18.1. The van der Waals surface area contributed by atoms with Crippen molar-refractivity contribution in [2.75, 3.05) is 26.2 Å². The summed E-state index contributed by atoms with van der Waals surface area (Å²) in [5.41, 5.74) is 0.859. The van der Waals surface area contributed by atoms with Gasteiger partial charge in [0, 0.05) is 38.5 Å². The molecule has 0 aliphatic carbocycles. The van der Waals surface area contributed by atoms with Crippen molar-refractivity contribution in [3.63, 3.8) is 0 Å². The minimum atomic E-state index is -3.71. The Morgan fingerprint density at radius 3 is 2.46 bits per heavy atom. The number of nitrogens with zero attached hydrogens (tertiary/aromatic N) is 4. The fourth-order valence-electron chi connectivity index (χ4n) is 3.51. The summed E-state index contributed by atoms with van der Waals surface area (Å²) < 4.78 is 46.8. The van der Waals surface area contributed by atoms with E-state index in [1.54, 1.807) is 24.4 Å². The number of amides is 1. The average molecular weight is 493 g/mol. The Morgan fingerprint density at radius 2 is 1.83 bits per heavy atom. The van der Waals surface area contributed by atoms with E-state index in [1.807, 2.05) is 6.07 Å². The number of sulfonamides is 1. The van der Waals surface area contributed by atoms with Gasteiger partial charge in [0.15, 0.2) is 11.6 Å². The second kappa shape index (κ2) is 10.5. The second-order valence-corrected chi connectivity index (χ2v) is 9.62. The molecule has 0 spiro atoms. The SMILES string of the molecule is N#Cc1ccc(S(=O)(=O)N2CCN(C(=O)/C=C/c3ccc(Oc4cccnc4)c(F)c3)CC2)cc1. The van der Waals surface area contributed by atoms with Crippen LogP contribution in [0.2, 0.25) is 0 Å². The normalized spacial score (nSPS) is 14.6. The predicted molar refractivity (Wildman–Crippen MR) is 126 cm³/mol. The number of halogens is 1. The zero-order chi connectivity index (χ0) is 24.8. The number of pyridine rings is 1. The fraction of sp³-hybridized carbons (Fsp3) is 0.160. The zero-order valence-corrected chi connectivity index (χ0v) is 19.4. The Kier molecular flexibility index (Phi) is 7.19. The van der Waals surface area contributed by atoms with Crippen LogP contribution in [0.4, 0.5) is 4.39 Å². The largest absolute Gasteiger partial charge is 0.453 e. The number of carbonyl (C=O) groups is 1. The lowest BCUT2D eigenvalue weighted by molar-refractivity contribution is -0.127. The van der Waals surface area contributed by atoms with Gasteiger partial charge in [-0.1, -0.05) is 6.07 Å². The van der Waals surface area contributed by atoms with Crippen molar-refractivity contribution in [3.05, 3.63) is 90.0 Å². The summed E-state index contributed by atoms with van der Waals surface area (Å²) >= 11 is 0. The van der Waals surface area contributed by atoms with E-state index in [9.17, 15) is 17.6 Å². The van der Waals surface area contributed by atoms with E-state index in [0.29, 0.717) is 16.9 Å². The van der Waals surface area contributed by atoms with Crippen molar-refractivity contribution < 1.29 is 22.3 Å². The molecule has 0 radical (unpaired) electrons. The Hall–Kier alpha value is -4.07. The Morgan fingerprint density at radius 1 is 1.09 bits per heavy atom. The van der Waals surface area contributed by atoms with Gasteiger partial charge in [0.1, 0.15) is 5.75 Å². The molecule has 1 aliphatic rings. The lowest BCUT2D eigenvalue weighted by atomic mass is 10.2. The summed E-state index contributed by atoms with van der Waals surface area (Å²) in [6, 6.07) is 15.4. The van der Waals surface area contributed by atoms with Gasteiger partial charge in [0.05, 0.1) is 22.7 Å². The molecule has 2 aromatic carbocycles. The number of nitriles is 1. The third-order valence-corrected chi connectivity index (χ3v) is 7.32. The molecule has 4 rings (SSSR count). The molecular formula is C25H21FN4O4S. The molecule has 3 aromatic rings. The first-order chi connectivity index (χ1) is 16.9. The summed E-state index contributed by atoms with van der Waals surface area (Å²) in [6.07, 6.45) is 5.89. The van der Waals surface area contributed by atoms with Crippen molar-refractivity contribution in [1.29, 1.82) is 5.26 Å². The third-order valence-electron chi connectivity index (χ3n) is 5.41. The highest BCUT2D eigenvalue weighted by Gasteiger charge is 2.29. The molecule has 178 valence electrons. The van der Waals surface area contributed by atoms with Crippen molar-refractivity contribution in [3.8, 4) is 17.6 Å². The highest BCUT2D eigenvalue weighted by molar-refractivity contribution is 7.89. The predicted octanol–water partition coefficient (Wildman–Crippen LogP) is 3.43. The summed E-state index contributed by atoms with van der Waals surface area (Å²) in [5, 5.41) is 8.88. The van der Waals surface area contributed by atoms with Crippen molar-refractivity contribution in [2.24, 2.45) is 0 Å². The van der Waals surface area contributed by atoms with Gasteiger partial charge in [-0.25, -0.2) is 12.8 Å². The van der Waals surface area contributed by atoms with Gasteiger partial charge < -0.3 is 9.64 Å². The quantitative estimate of drug-likeness (QED) is 0.489. The van der Waals surface area contributed by atoms with Crippen LogP contribution in [0.1, 0.15) is 11.1 Å². The molecule has 1 fully saturated rings. The molecule has 0 atom stereocenters. The first-order valence-electron chi connectivity index (χ1n) is 10.7. The number of ether oxygens (including phenoxy) is 1. The molecule has 0 unspecified atom stereocenters. The molecule has 1 aromatic heterocycles. The topological polar surface area (TPSA) is 104 Å². The van der Waals surface area contributed by atoms with Gasteiger partial charge in [-0.15, -0.1) is 0 Å². The van der Waals surface area contributed by atoms with Crippen LogP contribution in [0.25, 0.3) is 6.08 Å². The first kappa shape index (κ1) is 24.1. The summed E-state index contributed by atoms with van der Waals surface area (Å²) in [6.45, 7) is 0.754. The van der Waals surface area contributed by atoms with E-state index in [0.717, 1.165) is 0 Å². The molecule has 0 saturated carbocycles. The van der Waals surface area contributed by atoms with Gasteiger partial charge in [0.25, 0.3) is 0 Å². The Labute approximate surface area is 202 Å². The molecule has 2 heterocycles. The van der Waals surface area contributed by atoms with Gasteiger partial charge in [-0.05, 0) is 60.2 Å². The average Bonchev–Trinajstić information content (AvgIpc) is 2.89. The smallest absolute Gasteiger partial charge is 0.246 e. The molecular weight excluding hydrogens is 471 g/mol. The molecule has 1 amide bonds. The lowest BCUT2D eigenvalue weighted by Crippen LogP contribution is -2.50. The van der Waals surface area contributed by atoms with E-state index in [1.165, 1.54) is 64.0 Å². The minimum Gasteiger partial charge on any atom is -0.453 e. The maximum atomic E-state index is 14.4. The Bertz CT molecular complexity index is 1380. The van der Waals surface area contributed by atoms with Gasteiger partial charge in [-0.2, -0.15) is 9.57 Å². The van der Waals surface area contributed by atoms with Crippen LogP contribution in [0, 0.1) is 17.1 Å². The van der Waals surface area contributed by atoms with Crippen LogP contribution >= 0.6 is 0 Å². The Balaban J connectivity index is 1.34. The van der Waals surface area contributed by atoms with Crippen LogP contribution in [-0.4, -0.2) is 54.7 Å². The standard InChI is InChI=1S/C25H21FN4O4S/c26-23-16-19(5-9-24(23)34-21-2-1-11-28-18-21)6-10-25(31)29-12-14-30(15-13-29)35(32,33)22-7-3-20(17-27)4-8-22/h1-11,16,18H,12-15H2/b10-6+. The minimum absolute atomic E-state index is 0.0427. The van der Waals surface area contributed by atoms with E-state index in [2.05, 4.69) is 4.98 Å². The molecule has 0 bridgehead atoms. The molecule has 1 saturated heterocycles. The molecule has 1 aliphatic heterocycles. The first-order valence-corrected chi connectivity index (χ1v) is 12.2. The zero-order valence-electron chi connectivity index (χ0n) is 18.5. The summed E-state index contributed by atoms with van der Waals surface area (Å²) in [7, 11) is -3.71. The summed E-state index contributed by atoms with van der Waals surface area (Å²) in [5.74, 6) is -0.423. The van der Waals surface area contributed by atoms with Crippen LogP contribution in [0.15, 0.2) is 78.0 Å². The van der Waals surface area contributed by atoms with Gasteiger partial charge in [0.2, 0.25) is 15.9 Å². The monoisotopic (exact) mass is 492 g/mol. The highest BCUT2D eigenvalue weighted by atomic mass is 32.2. The van der Waals surface area contributed by atoms with E-state index >= 15 is 0 Å². The van der Waals surface area contributed by atoms with Crippen LogP contribution in [0.5, 0.6) is 11.5 Å². The number of piperazine rings is 1. The fourth-order valence-corrected chi connectivity index (χ4v) is 4.93. The maximum absolute atomic E-state index is 14.4. The highest BCUT2D eigenvalue weighted by Crippen LogP contribution is 2.25. The van der Waals surface area contributed by atoms with E-state index in [-0.39, 0.29) is 42.7 Å². The third kappa shape index (κ3) is 5.71. The van der Waals surface area contributed by atoms with Crippen LogP contribution in [0.3, 0.4) is 0 Å². The molecule has 10 heteroatoms. The number of aromatic nitrogens is 1. The second-order valence-electron chi connectivity index (χ2n) is 7.68. The van der Waals surface area contributed by atoms with E-state index in [4.69, 9.17) is 10.00 Å². The van der Waals surface area contributed by atoms with E-state index < -0.39 is 15.8 Å². The van der Waals surface area contributed by atoms with Crippen LogP contribution in [-0.2, 0) is 14.8 Å². The molecule has 35 heavy (non-hydrogen) atoms. The van der Waals surface area contributed by atoms with Crippen molar-refractivity contribution in [2.45, 2.75) is 4.90 Å². The van der Waals surface area contributed by atoms with Crippen molar-refractivity contribution in [1.82, 2.24) is 14.2 Å². The lowest BCUT2D eigenvalue weighted by Gasteiger charge is -2.33. The van der Waals surface area contributed by atoms with Crippen molar-refractivity contribution >= 4 is 22.0 Å². The van der Waals surface area contributed by atoms with Gasteiger partial charge in [-0.3, -0.25) is 9.78 Å². The molecule has 0 N–H and O–H groups in total. The number of hydrogen-bond acceptors (Lipinski definition) is 6. The maximum Gasteiger partial charge on any atom is 0.246 e. The van der Waals surface area contributed by atoms with Gasteiger partial charge >= 0.3 is 0 Å². The van der Waals surface area contributed by atoms with Crippen LogP contribution < -0.4 is 4.74 Å².